The summed E-state index contributed by atoms with van der Waals surface area (Å²) in [6.07, 6.45) is -1.51. The first-order chi connectivity index (χ1) is 17.4. The van der Waals surface area contributed by atoms with E-state index in [0.717, 1.165) is 0 Å². The molecule has 3 aromatic rings. The van der Waals surface area contributed by atoms with Crippen molar-refractivity contribution in [3.63, 3.8) is 0 Å². The van der Waals surface area contributed by atoms with Crippen LogP contribution in [0.3, 0.4) is 0 Å². The van der Waals surface area contributed by atoms with Crippen molar-refractivity contribution >= 4 is 47.0 Å². The van der Waals surface area contributed by atoms with Gasteiger partial charge >= 0.3 is 5.97 Å². The fraction of sp³-hybridized carbons (Fsp3) is 0.286. The van der Waals surface area contributed by atoms with Crippen molar-refractivity contribution in [2.45, 2.75) is 22.5 Å². The van der Waals surface area contributed by atoms with Gasteiger partial charge in [-0.25, -0.2) is 4.79 Å². The van der Waals surface area contributed by atoms with Crippen LogP contribution in [0.1, 0.15) is 11.7 Å². The number of aromatic nitrogens is 5. The summed E-state index contributed by atoms with van der Waals surface area (Å²) in [6, 6.07) is 8.88. The summed E-state index contributed by atoms with van der Waals surface area (Å²) >= 11 is 2.64. The van der Waals surface area contributed by atoms with Gasteiger partial charge in [-0.1, -0.05) is 12.1 Å². The lowest BCUT2D eigenvalue weighted by Gasteiger charge is -2.49. The van der Waals surface area contributed by atoms with Crippen LogP contribution in [0, 0.1) is 0 Å². The highest BCUT2D eigenvalue weighted by molar-refractivity contribution is 8.01. The van der Waals surface area contributed by atoms with Crippen LogP contribution in [-0.2, 0) is 14.4 Å². The summed E-state index contributed by atoms with van der Waals surface area (Å²) in [4.78, 5) is 38.8. The number of ether oxygens (including phenoxy) is 1. The molecule has 36 heavy (non-hydrogen) atoms. The highest BCUT2D eigenvalue weighted by Gasteiger charge is 2.54. The van der Waals surface area contributed by atoms with Gasteiger partial charge in [0.1, 0.15) is 27.9 Å². The van der Waals surface area contributed by atoms with Crippen molar-refractivity contribution < 1.29 is 29.3 Å². The molecular weight excluding hydrogens is 510 g/mol. The Morgan fingerprint density at radius 2 is 2.17 bits per heavy atom. The Balaban J connectivity index is 1.28. The SMILES string of the molecule is COc1cccc(C(O)C(=O)NC2C(=O)N3C(C(=O)O)=C(CSc4ccc5nnnn5n4)CS[C@@H]23)c1. The number of amides is 2. The maximum absolute atomic E-state index is 12.9. The van der Waals surface area contributed by atoms with E-state index in [9.17, 15) is 24.6 Å². The first kappa shape index (κ1) is 24.0. The highest BCUT2D eigenvalue weighted by atomic mass is 32.2. The summed E-state index contributed by atoms with van der Waals surface area (Å²) in [7, 11) is 1.47. The molecule has 1 saturated heterocycles. The summed E-state index contributed by atoms with van der Waals surface area (Å²) < 4.78 is 6.38. The number of β-lactam (4-membered cyclic amide) rings is 1. The number of carboxylic acids is 1. The van der Waals surface area contributed by atoms with Crippen molar-refractivity contribution in [1.29, 1.82) is 0 Å². The third kappa shape index (κ3) is 4.36. The third-order valence-corrected chi connectivity index (χ3v) is 7.99. The van der Waals surface area contributed by atoms with Crippen LogP contribution < -0.4 is 10.1 Å². The molecule has 1 fully saturated rings. The van der Waals surface area contributed by atoms with Crippen LogP contribution in [0.5, 0.6) is 5.75 Å². The molecule has 186 valence electrons. The second kappa shape index (κ2) is 9.75. The standard InChI is InChI=1S/C21H19N7O6S2/c1-34-12-4-2-3-10(7-12)17(29)18(30)22-15-19(31)27-16(21(32)33)11(9-36-20(15)27)8-35-14-6-5-13-23-25-26-28(13)24-14/h2-7,15,17,20,29H,8-9H2,1H3,(H,22,30)(H,32,33)/t15?,17?,20-/m0/s1. The smallest absolute Gasteiger partial charge is 0.352 e. The molecule has 4 heterocycles. The lowest BCUT2D eigenvalue weighted by molar-refractivity contribution is -0.151. The quantitative estimate of drug-likeness (QED) is 0.266. The molecule has 2 amide bonds. The Morgan fingerprint density at radius 3 is 2.94 bits per heavy atom. The normalized spacial score (nSPS) is 20.1. The molecule has 0 aliphatic carbocycles. The highest BCUT2D eigenvalue weighted by Crippen LogP contribution is 2.41. The second-order valence-electron chi connectivity index (χ2n) is 7.82. The van der Waals surface area contributed by atoms with Gasteiger partial charge in [0.05, 0.1) is 7.11 Å². The monoisotopic (exact) mass is 529 g/mol. The van der Waals surface area contributed by atoms with Gasteiger partial charge in [0.2, 0.25) is 0 Å². The molecular formula is C21H19N7O6S2. The van der Waals surface area contributed by atoms with Crippen LogP contribution >= 0.6 is 23.5 Å². The van der Waals surface area contributed by atoms with E-state index in [1.807, 2.05) is 0 Å². The minimum atomic E-state index is -1.51. The Morgan fingerprint density at radius 1 is 1.33 bits per heavy atom. The number of aliphatic hydroxyl groups is 1. The molecule has 3 N–H and O–H groups in total. The minimum absolute atomic E-state index is 0.0985. The van der Waals surface area contributed by atoms with E-state index in [1.54, 1.807) is 30.3 Å². The zero-order valence-electron chi connectivity index (χ0n) is 18.6. The number of nitrogens with zero attached hydrogens (tertiary/aromatic N) is 6. The molecule has 2 unspecified atom stereocenters. The fourth-order valence-electron chi connectivity index (χ4n) is 3.86. The average Bonchev–Trinajstić information content (AvgIpc) is 3.37. The maximum Gasteiger partial charge on any atom is 0.352 e. The van der Waals surface area contributed by atoms with Crippen molar-refractivity contribution in [3.05, 3.63) is 53.2 Å². The number of carbonyl (C=O) groups excluding carboxylic acids is 2. The van der Waals surface area contributed by atoms with Crippen LogP contribution in [-0.4, -0.2) is 88.2 Å². The molecule has 5 rings (SSSR count). The predicted molar refractivity (Wildman–Crippen MR) is 127 cm³/mol. The molecule has 3 atom stereocenters. The molecule has 2 aliphatic rings. The van der Waals surface area contributed by atoms with E-state index in [0.29, 0.717) is 33.3 Å². The molecule has 0 spiro atoms. The topological polar surface area (TPSA) is 172 Å². The summed E-state index contributed by atoms with van der Waals surface area (Å²) in [5.41, 5.74) is 1.25. The van der Waals surface area contributed by atoms with E-state index < -0.39 is 35.3 Å². The molecule has 2 aromatic heterocycles. The van der Waals surface area contributed by atoms with Crippen LogP contribution in [0.2, 0.25) is 0 Å². The minimum Gasteiger partial charge on any atom is -0.497 e. The number of hydrogen-bond donors (Lipinski definition) is 3. The van der Waals surface area contributed by atoms with Gasteiger partial charge < -0.3 is 20.3 Å². The summed E-state index contributed by atoms with van der Waals surface area (Å²) in [5.74, 6) is -1.42. The Labute approximate surface area is 211 Å². The van der Waals surface area contributed by atoms with E-state index in [4.69, 9.17) is 4.74 Å². The van der Waals surface area contributed by atoms with E-state index in [2.05, 4.69) is 25.9 Å². The molecule has 13 nitrogen and oxygen atoms in total. The first-order valence-corrected chi connectivity index (χ1v) is 12.6. The molecule has 0 saturated carbocycles. The van der Waals surface area contributed by atoms with Crippen molar-refractivity contribution in [2.75, 3.05) is 18.6 Å². The van der Waals surface area contributed by atoms with Gasteiger partial charge in [-0.05, 0) is 45.8 Å². The predicted octanol–water partition coefficient (Wildman–Crippen LogP) is 0.0922. The lowest BCUT2D eigenvalue weighted by atomic mass is 10.0. The molecule has 15 heteroatoms. The zero-order valence-corrected chi connectivity index (χ0v) is 20.3. The number of aliphatic carboxylic acids is 1. The number of rotatable bonds is 8. The second-order valence-corrected chi connectivity index (χ2v) is 9.92. The van der Waals surface area contributed by atoms with Gasteiger partial charge in [0.15, 0.2) is 11.8 Å². The number of carbonyl (C=O) groups is 3. The van der Waals surface area contributed by atoms with Gasteiger partial charge in [-0.3, -0.25) is 14.5 Å². The Hall–Kier alpha value is -3.69. The van der Waals surface area contributed by atoms with Crippen molar-refractivity contribution in [3.8, 4) is 5.75 Å². The number of fused-ring (bicyclic) bond motifs is 2. The van der Waals surface area contributed by atoms with Crippen LogP contribution in [0.15, 0.2) is 52.7 Å². The average molecular weight is 530 g/mol. The van der Waals surface area contributed by atoms with Crippen molar-refractivity contribution in [2.24, 2.45) is 0 Å². The first-order valence-electron chi connectivity index (χ1n) is 10.6. The number of methoxy groups -OCH3 is 1. The number of aliphatic hydroxyl groups excluding tert-OH is 1. The number of thioether (sulfide) groups is 2. The number of tetrazole rings is 1. The summed E-state index contributed by atoms with van der Waals surface area (Å²) in [6.45, 7) is 0. The largest absolute Gasteiger partial charge is 0.497 e. The Bertz CT molecular complexity index is 1400. The van der Waals surface area contributed by atoms with Crippen LogP contribution in [0.4, 0.5) is 0 Å². The summed E-state index contributed by atoms with van der Waals surface area (Å²) in [5, 5.41) is 38.2. The number of nitrogens with one attached hydrogen (secondary N) is 1. The third-order valence-electron chi connectivity index (χ3n) is 5.64. The molecule has 1 aromatic carbocycles. The molecule has 2 aliphatic heterocycles. The van der Waals surface area contributed by atoms with E-state index in [-0.39, 0.29) is 11.4 Å². The van der Waals surface area contributed by atoms with E-state index >= 15 is 0 Å². The Kier molecular flexibility index (Phi) is 6.51. The number of benzene rings is 1. The van der Waals surface area contributed by atoms with E-state index in [1.165, 1.54) is 46.2 Å². The van der Waals surface area contributed by atoms with Gasteiger partial charge in [-0.2, -0.15) is 0 Å². The van der Waals surface area contributed by atoms with Crippen LogP contribution in [0.25, 0.3) is 5.65 Å². The van der Waals surface area contributed by atoms with Gasteiger partial charge in [0, 0.05) is 11.5 Å². The molecule has 0 bridgehead atoms. The lowest BCUT2D eigenvalue weighted by Crippen LogP contribution is -2.70. The molecule has 0 radical (unpaired) electrons. The maximum atomic E-state index is 12.9. The number of carboxylic acid groups (broad SMARTS) is 1. The van der Waals surface area contributed by atoms with Gasteiger partial charge in [0.25, 0.3) is 11.8 Å². The zero-order chi connectivity index (χ0) is 25.4. The fourth-order valence-corrected chi connectivity index (χ4v) is 6.20. The van der Waals surface area contributed by atoms with Gasteiger partial charge in [-0.15, -0.1) is 38.4 Å². The van der Waals surface area contributed by atoms with Crippen molar-refractivity contribution in [1.82, 2.24) is 35.5 Å². The number of hydrogen-bond acceptors (Lipinski definition) is 11.